The van der Waals surface area contributed by atoms with E-state index < -0.39 is 0 Å². The molecule has 3 heteroatoms. The van der Waals surface area contributed by atoms with Gasteiger partial charge in [-0.15, -0.1) is 0 Å². The zero-order valence-electron chi connectivity index (χ0n) is 13.5. The summed E-state index contributed by atoms with van der Waals surface area (Å²) in [6.45, 7) is 4.22. The Balaban J connectivity index is 2.48. The lowest BCUT2D eigenvalue weighted by Crippen LogP contribution is -2.32. The van der Waals surface area contributed by atoms with Gasteiger partial charge in [0.1, 0.15) is 11.2 Å². The fraction of sp³-hybridized carbons (Fsp3) is 0.588. The highest BCUT2D eigenvalue weighted by atomic mass is 15.1. The van der Waals surface area contributed by atoms with Gasteiger partial charge in [-0.1, -0.05) is 25.0 Å². The van der Waals surface area contributed by atoms with Crippen LogP contribution in [0, 0.1) is 5.92 Å². The van der Waals surface area contributed by atoms with Crippen LogP contribution in [-0.2, 0) is 13.5 Å². The first-order valence-corrected chi connectivity index (χ1v) is 7.56. The van der Waals surface area contributed by atoms with Crippen molar-refractivity contribution in [2.75, 3.05) is 14.1 Å². The van der Waals surface area contributed by atoms with E-state index >= 15 is 0 Å². The van der Waals surface area contributed by atoms with Crippen LogP contribution in [-0.4, -0.2) is 28.5 Å². The van der Waals surface area contributed by atoms with E-state index in [1.54, 1.807) is 0 Å². The zero-order valence-corrected chi connectivity index (χ0v) is 13.5. The number of nitrogens with zero attached hydrogens (tertiary/aromatic N) is 3. The van der Waals surface area contributed by atoms with Crippen LogP contribution in [0.25, 0.3) is 11.8 Å². The summed E-state index contributed by atoms with van der Waals surface area (Å²) >= 11 is 0. The fourth-order valence-electron chi connectivity index (χ4n) is 2.66. The molecule has 0 aromatic carbocycles. The largest absolute Gasteiger partial charge is 0.382 e. The van der Waals surface area contributed by atoms with E-state index in [1.165, 1.54) is 36.0 Å². The first-order valence-electron chi connectivity index (χ1n) is 7.56. The number of imidazole rings is 1. The third kappa shape index (κ3) is 3.53. The van der Waals surface area contributed by atoms with Crippen LogP contribution in [0.1, 0.15) is 38.9 Å². The number of allylic oxidation sites excluding steroid dienone is 2. The molecule has 1 aliphatic carbocycles. The van der Waals surface area contributed by atoms with Crippen molar-refractivity contribution in [3.8, 4) is 0 Å². The van der Waals surface area contributed by atoms with Crippen molar-refractivity contribution >= 4 is 11.8 Å². The first kappa shape index (κ1) is 14.9. The van der Waals surface area contributed by atoms with Gasteiger partial charge in [-0.05, 0) is 31.8 Å². The average molecular weight is 273 g/mol. The van der Waals surface area contributed by atoms with Gasteiger partial charge >= 0.3 is 0 Å². The van der Waals surface area contributed by atoms with Crippen LogP contribution in [0.5, 0.6) is 0 Å². The van der Waals surface area contributed by atoms with Gasteiger partial charge in [0, 0.05) is 33.8 Å². The topological polar surface area (TPSA) is 21.1 Å². The molecule has 0 radical (unpaired) electrons. The molecule has 3 nitrogen and oxygen atoms in total. The Morgan fingerprint density at radius 3 is 2.65 bits per heavy atom. The maximum Gasteiger partial charge on any atom is 0.109 e. The van der Waals surface area contributed by atoms with Crippen molar-refractivity contribution in [3.05, 3.63) is 28.7 Å². The van der Waals surface area contributed by atoms with Crippen molar-refractivity contribution in [3.63, 3.8) is 0 Å². The maximum atomic E-state index is 4.86. The predicted octanol–water partition coefficient (Wildman–Crippen LogP) is 1.81. The van der Waals surface area contributed by atoms with E-state index in [0.717, 1.165) is 17.7 Å². The summed E-state index contributed by atoms with van der Waals surface area (Å²) in [6, 6.07) is 0. The van der Waals surface area contributed by atoms with E-state index in [0.29, 0.717) is 0 Å². The summed E-state index contributed by atoms with van der Waals surface area (Å²) in [5, 5.41) is 2.32. The van der Waals surface area contributed by atoms with Crippen molar-refractivity contribution in [2.24, 2.45) is 13.0 Å². The average Bonchev–Trinajstić information content (AvgIpc) is 3.13. The Bertz CT molecular complexity index is 601. The van der Waals surface area contributed by atoms with Crippen LogP contribution < -0.4 is 10.7 Å². The molecule has 0 unspecified atom stereocenters. The third-order valence-electron chi connectivity index (χ3n) is 3.86. The maximum absolute atomic E-state index is 4.86. The third-order valence-corrected chi connectivity index (χ3v) is 3.86. The van der Waals surface area contributed by atoms with Gasteiger partial charge in [0.15, 0.2) is 0 Å². The second kappa shape index (κ2) is 6.29. The van der Waals surface area contributed by atoms with Gasteiger partial charge in [0.25, 0.3) is 0 Å². The Morgan fingerprint density at radius 2 is 2.10 bits per heavy atom. The SMILES string of the molecule is C\C=C/C(C)=c1/c(=C\N(C)C)nc(CCC2CC2)n1C. The summed E-state index contributed by atoms with van der Waals surface area (Å²) in [6.07, 6.45) is 11.6. The first-order chi connectivity index (χ1) is 9.52. The summed E-state index contributed by atoms with van der Waals surface area (Å²) in [4.78, 5) is 6.93. The van der Waals surface area contributed by atoms with Crippen molar-refractivity contribution in [1.29, 1.82) is 0 Å². The Morgan fingerprint density at radius 1 is 1.40 bits per heavy atom. The number of aryl methyl sites for hydroxylation is 1. The van der Waals surface area contributed by atoms with Gasteiger partial charge in [0.05, 0.1) is 5.35 Å². The molecule has 1 aromatic heterocycles. The molecule has 0 aliphatic heterocycles. The molecular weight excluding hydrogens is 246 g/mol. The predicted molar refractivity (Wildman–Crippen MR) is 85.6 cm³/mol. The molecule has 0 amide bonds. The second-order valence-electron chi connectivity index (χ2n) is 6.08. The molecule has 1 heterocycles. The summed E-state index contributed by atoms with van der Waals surface area (Å²) in [5.74, 6) is 2.17. The Kier molecular flexibility index (Phi) is 4.69. The van der Waals surface area contributed by atoms with Gasteiger partial charge in [0.2, 0.25) is 0 Å². The van der Waals surface area contributed by atoms with E-state index in [9.17, 15) is 0 Å². The van der Waals surface area contributed by atoms with E-state index in [2.05, 4.69) is 48.7 Å². The zero-order chi connectivity index (χ0) is 14.7. The molecule has 0 saturated heterocycles. The molecule has 0 atom stereocenters. The highest BCUT2D eigenvalue weighted by Gasteiger charge is 2.21. The number of aromatic nitrogens is 2. The number of hydrogen-bond donors (Lipinski definition) is 0. The van der Waals surface area contributed by atoms with E-state index in [-0.39, 0.29) is 0 Å². The quantitative estimate of drug-likeness (QED) is 0.816. The molecule has 1 saturated carbocycles. The van der Waals surface area contributed by atoms with Gasteiger partial charge in [-0.3, -0.25) is 0 Å². The van der Waals surface area contributed by atoms with Crippen LogP contribution in [0.3, 0.4) is 0 Å². The minimum atomic E-state index is 0.956. The normalized spacial score (nSPS) is 17.9. The molecule has 2 rings (SSSR count). The van der Waals surface area contributed by atoms with E-state index in [4.69, 9.17) is 4.98 Å². The fourth-order valence-corrected chi connectivity index (χ4v) is 2.66. The van der Waals surface area contributed by atoms with Crippen LogP contribution in [0.15, 0.2) is 12.2 Å². The Labute approximate surface area is 122 Å². The van der Waals surface area contributed by atoms with Crippen LogP contribution in [0.4, 0.5) is 0 Å². The van der Waals surface area contributed by atoms with Crippen LogP contribution >= 0.6 is 0 Å². The molecule has 1 aromatic rings. The molecular formula is C17H27N3. The summed E-state index contributed by atoms with van der Waals surface area (Å²) in [5.41, 5.74) is 1.27. The lowest BCUT2D eigenvalue weighted by atomic mass is 10.2. The monoisotopic (exact) mass is 273 g/mol. The standard InChI is InChI=1S/C17H27N3/c1-6-7-13(2)17-15(12-19(3)4)18-16(20(17)5)11-10-14-8-9-14/h6-7,12,14H,8-11H2,1-5H3/b7-6-,15-12+,17-13-. The van der Waals surface area contributed by atoms with Crippen molar-refractivity contribution in [2.45, 2.75) is 39.5 Å². The molecule has 0 N–H and O–H groups in total. The van der Waals surface area contributed by atoms with E-state index in [1.807, 2.05) is 14.1 Å². The van der Waals surface area contributed by atoms with Gasteiger partial charge in [-0.25, -0.2) is 4.98 Å². The lowest BCUT2D eigenvalue weighted by molar-refractivity contribution is 0.612. The second-order valence-corrected chi connectivity index (χ2v) is 6.08. The molecule has 1 aliphatic rings. The smallest absolute Gasteiger partial charge is 0.109 e. The molecule has 0 bridgehead atoms. The van der Waals surface area contributed by atoms with Crippen molar-refractivity contribution in [1.82, 2.24) is 14.5 Å². The summed E-state index contributed by atoms with van der Waals surface area (Å²) in [7, 11) is 6.24. The molecule has 20 heavy (non-hydrogen) atoms. The van der Waals surface area contributed by atoms with Gasteiger partial charge in [-0.2, -0.15) is 0 Å². The molecule has 1 fully saturated rings. The number of rotatable bonds is 5. The Hall–Kier alpha value is -1.51. The summed E-state index contributed by atoms with van der Waals surface area (Å²) < 4.78 is 2.27. The highest BCUT2D eigenvalue weighted by Crippen LogP contribution is 2.33. The van der Waals surface area contributed by atoms with Crippen LogP contribution in [0.2, 0.25) is 0 Å². The molecule has 0 spiro atoms. The minimum Gasteiger partial charge on any atom is -0.382 e. The minimum absolute atomic E-state index is 0.956. The number of hydrogen-bond acceptors (Lipinski definition) is 2. The van der Waals surface area contributed by atoms with Crippen molar-refractivity contribution < 1.29 is 0 Å². The highest BCUT2D eigenvalue weighted by molar-refractivity contribution is 5.53. The van der Waals surface area contributed by atoms with Gasteiger partial charge < -0.3 is 9.47 Å². The lowest BCUT2D eigenvalue weighted by Gasteiger charge is -2.02. The molecule has 110 valence electrons.